The van der Waals surface area contributed by atoms with Crippen LogP contribution in [0.3, 0.4) is 0 Å². The van der Waals surface area contributed by atoms with Gasteiger partial charge in [-0.1, -0.05) is 26.3 Å². The van der Waals surface area contributed by atoms with E-state index in [4.69, 9.17) is 0 Å². The molecule has 0 aliphatic heterocycles. The van der Waals surface area contributed by atoms with Crippen molar-refractivity contribution in [3.63, 3.8) is 0 Å². The van der Waals surface area contributed by atoms with Gasteiger partial charge in [0.1, 0.15) is 5.82 Å². The molecule has 2 rings (SSSR count). The summed E-state index contributed by atoms with van der Waals surface area (Å²) in [7, 11) is 0. The van der Waals surface area contributed by atoms with Crippen molar-refractivity contribution in [3.05, 3.63) is 35.8 Å². The molecular weight excluding hydrogens is 177 g/mol. The van der Waals surface area contributed by atoms with E-state index in [9.17, 15) is 4.39 Å². The number of aromatic nitrogens is 1. The summed E-state index contributed by atoms with van der Waals surface area (Å²) in [4.78, 5) is 3.06. The number of hydrogen-bond donors (Lipinski definition) is 1. The fourth-order valence-electron chi connectivity index (χ4n) is 1.26. The van der Waals surface area contributed by atoms with Crippen LogP contribution in [0.25, 0.3) is 10.9 Å². The van der Waals surface area contributed by atoms with Crippen molar-refractivity contribution in [3.8, 4) is 0 Å². The van der Waals surface area contributed by atoms with E-state index < -0.39 is 0 Å². The van der Waals surface area contributed by atoms with Gasteiger partial charge in [0.05, 0.1) is 0 Å². The second-order valence-electron chi connectivity index (χ2n) is 3.36. The Kier molecular flexibility index (Phi) is 3.69. The Hall–Kier alpha value is -1.31. The van der Waals surface area contributed by atoms with Crippen LogP contribution >= 0.6 is 0 Å². The highest BCUT2D eigenvalue weighted by atomic mass is 19.1. The number of nitrogens with one attached hydrogen (secondary N) is 1. The highest BCUT2D eigenvalue weighted by molar-refractivity contribution is 5.80. The molecule has 1 aromatic heterocycles. The molecule has 0 saturated carbocycles. The van der Waals surface area contributed by atoms with Crippen molar-refractivity contribution >= 4 is 10.9 Å². The first-order chi connectivity index (χ1) is 6.69. The molecule has 0 atom stereocenters. The fourth-order valence-corrected chi connectivity index (χ4v) is 1.26. The van der Waals surface area contributed by atoms with Crippen molar-refractivity contribution in [1.29, 1.82) is 0 Å². The lowest BCUT2D eigenvalue weighted by Crippen LogP contribution is -1.72. The molecule has 2 heteroatoms. The molecule has 76 valence electrons. The van der Waals surface area contributed by atoms with Crippen molar-refractivity contribution in [2.45, 2.75) is 27.2 Å². The van der Waals surface area contributed by atoms with Crippen LogP contribution in [0.5, 0.6) is 0 Å². The van der Waals surface area contributed by atoms with Gasteiger partial charge < -0.3 is 4.98 Å². The second kappa shape index (κ2) is 4.80. The summed E-state index contributed by atoms with van der Waals surface area (Å²) in [6, 6.07) is 6.85. The maximum absolute atomic E-state index is 13.0. The topological polar surface area (TPSA) is 15.8 Å². The van der Waals surface area contributed by atoms with Crippen LogP contribution in [0.2, 0.25) is 0 Å². The van der Waals surface area contributed by atoms with Crippen LogP contribution in [-0.4, -0.2) is 4.98 Å². The van der Waals surface area contributed by atoms with Gasteiger partial charge in [0.15, 0.2) is 0 Å². The number of rotatable bonds is 0. The summed E-state index contributed by atoms with van der Waals surface area (Å²) in [5, 5.41) is 0.671. The molecule has 0 amide bonds. The molecule has 1 heterocycles. The summed E-state index contributed by atoms with van der Waals surface area (Å²) < 4.78 is 13.0. The lowest BCUT2D eigenvalue weighted by Gasteiger charge is -1.88. The smallest absolute Gasteiger partial charge is 0.132 e. The minimum absolute atomic E-state index is 0.160. The van der Waals surface area contributed by atoms with Crippen molar-refractivity contribution in [2.24, 2.45) is 0 Å². The van der Waals surface area contributed by atoms with E-state index in [1.807, 2.05) is 19.1 Å². The van der Waals surface area contributed by atoms with Crippen LogP contribution in [0.4, 0.5) is 4.39 Å². The Morgan fingerprint density at radius 1 is 1.29 bits per heavy atom. The molecule has 2 aromatic rings. The molecular formula is C12H16FN. The average molecular weight is 193 g/mol. The van der Waals surface area contributed by atoms with E-state index in [0.29, 0.717) is 5.39 Å². The first-order valence-electron chi connectivity index (χ1n) is 4.92. The minimum atomic E-state index is -0.160. The third-order valence-corrected chi connectivity index (χ3v) is 1.75. The van der Waals surface area contributed by atoms with E-state index in [1.54, 1.807) is 6.07 Å². The first-order valence-corrected chi connectivity index (χ1v) is 4.92. The van der Waals surface area contributed by atoms with Gasteiger partial charge in [0, 0.05) is 16.6 Å². The van der Waals surface area contributed by atoms with E-state index >= 15 is 0 Å². The summed E-state index contributed by atoms with van der Waals surface area (Å²) in [6.45, 7) is 6.17. The number of hydrogen-bond acceptors (Lipinski definition) is 0. The lowest BCUT2D eigenvalue weighted by atomic mass is 10.2. The first kappa shape index (κ1) is 10.8. The second-order valence-corrected chi connectivity index (χ2v) is 3.36. The number of halogens is 1. The quantitative estimate of drug-likeness (QED) is 0.650. The monoisotopic (exact) mass is 193 g/mol. The molecule has 1 aromatic carbocycles. The Balaban J connectivity index is 0.000000293. The summed E-state index contributed by atoms with van der Waals surface area (Å²) >= 11 is 0. The zero-order valence-electron chi connectivity index (χ0n) is 8.89. The summed E-state index contributed by atoms with van der Waals surface area (Å²) in [5.74, 6) is -0.160. The number of fused-ring (bicyclic) bond motifs is 1. The van der Waals surface area contributed by atoms with Gasteiger partial charge in [-0.05, 0) is 25.1 Å². The van der Waals surface area contributed by atoms with Gasteiger partial charge in [-0.25, -0.2) is 4.39 Å². The van der Waals surface area contributed by atoms with Crippen molar-refractivity contribution in [1.82, 2.24) is 4.98 Å². The predicted octanol–water partition coefficient (Wildman–Crippen LogP) is 4.03. The molecule has 0 bridgehead atoms. The molecule has 0 radical (unpaired) electrons. The largest absolute Gasteiger partial charge is 0.359 e. The van der Waals surface area contributed by atoms with E-state index in [0.717, 1.165) is 11.2 Å². The van der Waals surface area contributed by atoms with Crippen molar-refractivity contribution < 1.29 is 4.39 Å². The Morgan fingerprint density at radius 3 is 2.50 bits per heavy atom. The average Bonchev–Trinajstić information content (AvgIpc) is 2.48. The standard InChI is InChI=1S/C9H8FN.C3H8/c1-6-5-7-8(10)3-2-4-9(7)11-6;1-3-2/h2-5,11H,1H3;3H2,1-2H3. The van der Waals surface area contributed by atoms with Gasteiger partial charge in [-0.2, -0.15) is 0 Å². The predicted molar refractivity (Wildman–Crippen MR) is 59.0 cm³/mol. The number of aromatic amines is 1. The van der Waals surface area contributed by atoms with Crippen LogP contribution < -0.4 is 0 Å². The van der Waals surface area contributed by atoms with Crippen LogP contribution in [0.15, 0.2) is 24.3 Å². The Bertz CT molecular complexity index is 404. The number of aryl methyl sites for hydroxylation is 1. The zero-order valence-corrected chi connectivity index (χ0v) is 8.89. The van der Waals surface area contributed by atoms with Gasteiger partial charge in [0.2, 0.25) is 0 Å². The normalized spacial score (nSPS) is 9.71. The number of benzene rings is 1. The van der Waals surface area contributed by atoms with E-state index in [1.165, 1.54) is 12.5 Å². The molecule has 0 fully saturated rings. The zero-order chi connectivity index (χ0) is 10.6. The minimum Gasteiger partial charge on any atom is -0.359 e. The maximum atomic E-state index is 13.0. The third-order valence-electron chi connectivity index (χ3n) is 1.75. The molecule has 0 unspecified atom stereocenters. The van der Waals surface area contributed by atoms with E-state index in [-0.39, 0.29) is 5.82 Å². The molecule has 0 saturated heterocycles. The summed E-state index contributed by atoms with van der Waals surface area (Å²) in [5.41, 5.74) is 1.85. The maximum Gasteiger partial charge on any atom is 0.132 e. The molecule has 1 N–H and O–H groups in total. The van der Waals surface area contributed by atoms with E-state index in [2.05, 4.69) is 18.8 Å². The highest BCUT2D eigenvalue weighted by Gasteiger charge is 2.00. The Labute approximate surface area is 84.0 Å². The van der Waals surface area contributed by atoms with Crippen LogP contribution in [-0.2, 0) is 0 Å². The molecule has 14 heavy (non-hydrogen) atoms. The lowest BCUT2D eigenvalue weighted by molar-refractivity contribution is 0.640. The van der Waals surface area contributed by atoms with Gasteiger partial charge >= 0.3 is 0 Å². The van der Waals surface area contributed by atoms with Gasteiger partial charge in [-0.15, -0.1) is 0 Å². The SMILES string of the molecule is CCC.Cc1cc2c(F)cccc2[nH]1. The Morgan fingerprint density at radius 2 is 1.93 bits per heavy atom. The van der Waals surface area contributed by atoms with Crippen molar-refractivity contribution in [2.75, 3.05) is 0 Å². The molecule has 0 aliphatic carbocycles. The number of H-pyrrole nitrogens is 1. The van der Waals surface area contributed by atoms with Crippen LogP contribution in [0, 0.1) is 12.7 Å². The molecule has 0 aliphatic rings. The van der Waals surface area contributed by atoms with Gasteiger partial charge in [-0.3, -0.25) is 0 Å². The fraction of sp³-hybridized carbons (Fsp3) is 0.333. The van der Waals surface area contributed by atoms with Gasteiger partial charge in [0.25, 0.3) is 0 Å². The molecule has 1 nitrogen and oxygen atoms in total. The molecule has 0 spiro atoms. The highest BCUT2D eigenvalue weighted by Crippen LogP contribution is 2.17. The van der Waals surface area contributed by atoms with Crippen LogP contribution in [0.1, 0.15) is 26.0 Å². The summed E-state index contributed by atoms with van der Waals surface area (Å²) in [6.07, 6.45) is 1.25. The third kappa shape index (κ3) is 2.34.